The van der Waals surface area contributed by atoms with Gasteiger partial charge in [-0.3, -0.25) is 24.0 Å². The molecule has 35 heteroatoms. The van der Waals surface area contributed by atoms with Gasteiger partial charge < -0.3 is 115 Å². The van der Waals surface area contributed by atoms with Gasteiger partial charge in [-0.05, 0) is 143 Å². The molecule has 0 aliphatic carbocycles. The number of amides is 5. The highest BCUT2D eigenvalue weighted by Gasteiger charge is 2.63. The van der Waals surface area contributed by atoms with Gasteiger partial charge in [0.25, 0.3) is 29.5 Å². The number of rotatable bonds is 20. The van der Waals surface area contributed by atoms with Crippen molar-refractivity contribution >= 4 is 130 Å². The van der Waals surface area contributed by atoms with Gasteiger partial charge in [0.2, 0.25) is 0 Å². The van der Waals surface area contributed by atoms with E-state index in [-0.39, 0.29) is 51.9 Å². The third kappa shape index (κ3) is 23.7. The van der Waals surface area contributed by atoms with Crippen LogP contribution in [0, 0.1) is 0 Å². The van der Waals surface area contributed by atoms with Gasteiger partial charge in [0.1, 0.15) is 88.5 Å². The second-order valence-electron chi connectivity index (χ2n) is 32.7. The number of aliphatic hydroxyl groups excluding tert-OH is 6. The molecule has 0 saturated carbocycles. The van der Waals surface area contributed by atoms with E-state index in [1.807, 2.05) is 0 Å². The van der Waals surface area contributed by atoms with Gasteiger partial charge in [-0.15, -0.1) is 77.5 Å². The molecule has 0 aromatic rings. The average Bonchev–Trinajstić information content (AvgIpc) is 1.58. The molecule has 2 bridgehead atoms. The summed E-state index contributed by atoms with van der Waals surface area (Å²) in [6.45, 7) is 38.1. The molecule has 108 heavy (non-hydrogen) atoms. The predicted octanol–water partition coefficient (Wildman–Crippen LogP) is 3.62. The Morgan fingerprint density at radius 1 is 0.463 bits per heavy atom. The van der Waals surface area contributed by atoms with Crippen LogP contribution in [0.5, 0.6) is 0 Å². The first-order valence-corrected chi connectivity index (χ1v) is 52.3. The number of alkyl halides is 2. The topological polar surface area (TPSA) is 359 Å². The Morgan fingerprint density at radius 2 is 0.815 bits per heavy atom. The lowest BCUT2D eigenvalue weighted by Crippen LogP contribution is -2.53. The lowest BCUT2D eigenvalue weighted by molar-refractivity contribution is -0.182. The molecule has 0 unspecified atom stereocenters. The lowest BCUT2D eigenvalue weighted by Gasteiger charge is -2.38. The Labute approximate surface area is 656 Å². The third-order valence-electron chi connectivity index (χ3n) is 19.6. The number of carbonyl (C=O) groups is 5. The molecule has 20 atom stereocenters. The normalized spacial score (nSPS) is 35.3. The molecule has 6 fully saturated rings. The fourth-order valence-electron chi connectivity index (χ4n) is 13.1. The molecule has 6 saturated heterocycles. The van der Waals surface area contributed by atoms with Crippen molar-refractivity contribution in [2.75, 3.05) is 104 Å². The number of hydrogen-bond acceptors (Lipinski definition) is 23. The summed E-state index contributed by atoms with van der Waals surface area (Å²) in [7, 11) is 0. The van der Waals surface area contributed by atoms with Crippen LogP contribution in [-0.2, 0) is 52.4 Å². The summed E-state index contributed by atoms with van der Waals surface area (Å²) in [5.41, 5.74) is -3.00. The summed E-state index contributed by atoms with van der Waals surface area (Å²) < 4.78 is 35.6. The summed E-state index contributed by atoms with van der Waals surface area (Å²) in [4.78, 5) is 64.6. The third-order valence-corrected chi connectivity index (χ3v) is 28.7. The first kappa shape index (κ1) is 90.9. The molecule has 0 radical (unpaired) electrons. The van der Waals surface area contributed by atoms with Gasteiger partial charge in [-0.2, -0.15) is 0 Å². The zero-order valence-corrected chi connectivity index (χ0v) is 71.7. The molecule has 11 aliphatic rings. The maximum Gasteiger partial charge on any atom is 0.250 e. The summed E-state index contributed by atoms with van der Waals surface area (Å²) in [5.74, 6) is 0.739. The first-order valence-electron chi connectivity index (χ1n) is 35.4. The highest BCUT2D eigenvalue weighted by molar-refractivity contribution is 14.1. The second kappa shape index (κ2) is 36.1. The van der Waals surface area contributed by atoms with Crippen molar-refractivity contribution in [2.24, 2.45) is 0 Å². The summed E-state index contributed by atoms with van der Waals surface area (Å²) in [6.07, 6.45) is 34.3. The fraction of sp³-hybridized carbons (Fsp3) is 0.589. The Morgan fingerprint density at radius 3 is 1.22 bits per heavy atom. The van der Waals surface area contributed by atoms with Gasteiger partial charge in [0.15, 0.2) is 24.9 Å². The molecule has 11 rings (SSSR count). The van der Waals surface area contributed by atoms with Gasteiger partial charge in [0, 0.05) is 61.4 Å². The smallest absolute Gasteiger partial charge is 0.250 e. The molecular formula is C73H117ClIN10O18P5. The molecule has 0 aromatic carbocycles. The van der Waals surface area contributed by atoms with Crippen LogP contribution in [0.2, 0.25) is 0 Å². The number of hydrogen-bond donors (Lipinski definition) is 12. The van der Waals surface area contributed by atoms with Crippen molar-refractivity contribution in [2.45, 2.75) is 164 Å². The molecule has 28 nitrogen and oxygen atoms in total. The van der Waals surface area contributed by atoms with E-state index in [1.165, 1.54) is 59.5 Å². The largest absolute Gasteiger partial charge is 0.389 e. The molecule has 606 valence electrons. The van der Waals surface area contributed by atoms with E-state index in [2.05, 4.69) is 180 Å². The van der Waals surface area contributed by atoms with E-state index in [9.17, 15) is 59.7 Å². The molecule has 12 N–H and O–H groups in total. The maximum absolute atomic E-state index is 11.3. The minimum Gasteiger partial charge on any atom is -0.389 e. The Balaban J connectivity index is 0.000000188. The Bertz CT molecular complexity index is 3710. The minimum atomic E-state index is -1.47. The quantitative estimate of drug-likeness (QED) is 0.0470. The van der Waals surface area contributed by atoms with Crippen molar-refractivity contribution in [3.63, 3.8) is 0 Å². The van der Waals surface area contributed by atoms with Crippen LogP contribution in [0.1, 0.15) is 46.0 Å². The van der Waals surface area contributed by atoms with Gasteiger partial charge in [0.05, 0.1) is 40.5 Å². The van der Waals surface area contributed by atoms with E-state index >= 15 is 0 Å². The zero-order chi connectivity index (χ0) is 81.1. The zero-order valence-electron chi connectivity index (χ0n) is 64.3. The number of ether oxygens (including phenoxy) is 6. The molecule has 0 aromatic heterocycles. The predicted molar refractivity (Wildman–Crippen MR) is 449 cm³/mol. The molecule has 5 amide bonds. The van der Waals surface area contributed by atoms with E-state index in [1.54, 1.807) is 40.2 Å². The first-order chi connectivity index (χ1) is 49.6. The monoisotopic (exact) mass is 1740 g/mol. The highest BCUT2D eigenvalue weighted by atomic mass is 127. The van der Waals surface area contributed by atoms with Gasteiger partial charge >= 0.3 is 0 Å². The number of fused-ring (bicyclic) bond motifs is 2. The van der Waals surface area contributed by atoms with Crippen molar-refractivity contribution in [1.29, 1.82) is 0 Å². The molecular weight excluding hydrogens is 1620 g/mol. The molecule has 11 heterocycles. The second-order valence-corrected chi connectivity index (χ2v) is 56.2. The van der Waals surface area contributed by atoms with Crippen LogP contribution < -0.4 is 26.6 Å². The number of carbonyl (C=O) groups excluding carboxylic acids is 5. The van der Waals surface area contributed by atoms with Gasteiger partial charge in [-0.1, -0.05) is 55.5 Å². The standard InChI is InChI=1S/C15H23N2O4P.2C15H25N2O4P.C14H22ClN2O3P.C14H22IN2O3P/c1-10-16-11(18)5-7-17(10)14-12-13(19)15(21-14,9-20-12)6-8-22(2,3)4;1-10-16-12(18)6-8-17(10)14-15(2,20)13(19)11(21-14)7-9-22(3,4)5;1-10-16-11(18)6-8-17(10)14-12(19)13(20)15(2,21-14)7-9-22(3,4)5;2*1-9-16-11(18)5-7-17(9)14-12(15)13(19)10(20-14)6-8-21(2,3)4/h5,7,12-14,19H,1-2,6,8-9H2,3-4H3,(H,16,18);6,8,11,13-14,19-20H,1,3,7,9H2,2,4-5H3,(H,16,18);6,8,12-14,19-20H,1,3,7,9H2,2,4-5H3,(H,16,18);2*5,7,10,12-14,19H,1-2,6,8H2,3-4H3,(H,16,18)/t12-,13+,14-,15+;11-,13-,14-,15+;12-,13+,14-,15-;2*10-,12-,13-,14-/m11111/s1. The lowest BCUT2D eigenvalue weighted by atomic mass is 9.94. The van der Waals surface area contributed by atoms with Crippen molar-refractivity contribution < 1.29 is 88.1 Å². The average molecular weight is 1740 g/mol. The summed E-state index contributed by atoms with van der Waals surface area (Å²) in [6, 6.07) is 0. The number of halogens is 2. The summed E-state index contributed by atoms with van der Waals surface area (Å²) in [5, 5.41) is 85.4. The van der Waals surface area contributed by atoms with Crippen molar-refractivity contribution in [1.82, 2.24) is 51.1 Å². The number of nitrogens with zero attached hydrogens (tertiary/aromatic N) is 5. The van der Waals surface area contributed by atoms with Crippen LogP contribution >= 0.6 is 68.6 Å². The molecule has 11 aliphatic heterocycles. The van der Waals surface area contributed by atoms with E-state index in [4.69, 9.17) is 40.0 Å². The Kier molecular flexibility index (Phi) is 30.4. The molecule has 0 spiro atoms. The van der Waals surface area contributed by atoms with Crippen LogP contribution in [0.15, 0.2) is 123 Å². The van der Waals surface area contributed by atoms with Crippen LogP contribution in [0.4, 0.5) is 0 Å². The van der Waals surface area contributed by atoms with Crippen LogP contribution in [0.3, 0.4) is 0 Å². The van der Waals surface area contributed by atoms with E-state index in [0.717, 1.165) is 50.1 Å². The minimum absolute atomic E-state index is 0.0877. The van der Waals surface area contributed by atoms with Crippen molar-refractivity contribution in [3.8, 4) is 0 Å². The van der Waals surface area contributed by atoms with Crippen LogP contribution in [-0.4, -0.2) is 344 Å². The summed E-state index contributed by atoms with van der Waals surface area (Å²) >= 11 is 8.50. The number of aliphatic hydroxyl groups is 7. The van der Waals surface area contributed by atoms with E-state index in [0.29, 0.717) is 48.6 Å². The maximum atomic E-state index is 11.3. The highest BCUT2D eigenvalue weighted by Crippen LogP contribution is 2.50. The van der Waals surface area contributed by atoms with Gasteiger partial charge in [-0.25, -0.2) is 0 Å². The van der Waals surface area contributed by atoms with Crippen LogP contribution in [0.25, 0.3) is 0 Å². The van der Waals surface area contributed by atoms with Crippen molar-refractivity contribution in [3.05, 3.63) is 123 Å². The Hall–Kier alpha value is -4.25. The SMILES string of the molecule is C=C1NC(=O)C=CN1[C@@H]1O[C@@]2(CCP(=C)(C)C)CO[C@@H]1[C@@H]2O.C=C1NC(=O)C=CN1[C@@H]1O[C@H](CCP(=C)(C)C)[C@@H](O)[C@H]1Cl.C=C1NC(=O)C=CN1[C@@H]1O[C@H](CCP(=C)(C)C)[C@@H](O)[C@H]1I.C=C1NC(=O)C=CN1[C@@H]1O[C@H](CCP(=C)(C)C)[C@@H](O)[C@]1(C)O.C=C1NC(=O)C=CN1[C@@H]1O[C@](C)(CCP(=C)(C)C)[C@@H](O)[C@H]1O. The van der Waals surface area contributed by atoms with E-state index < -0.39 is 130 Å². The number of nitrogens with one attached hydrogen (secondary N) is 5. The fourth-order valence-corrected chi connectivity index (χ4v) is 19.3.